The molecule has 1 aliphatic rings. The van der Waals surface area contributed by atoms with Crippen LogP contribution in [0.3, 0.4) is 0 Å². The summed E-state index contributed by atoms with van der Waals surface area (Å²) in [6.07, 6.45) is 1.39. The fourth-order valence-corrected chi connectivity index (χ4v) is 4.40. The number of nitrogens with one attached hydrogen (secondary N) is 1. The van der Waals surface area contributed by atoms with Gasteiger partial charge < -0.3 is 19.9 Å². The standard InChI is InChI=1S/C22H29N3O3S/c1-24(2)19(18-6-4-5-7-20(18)28-3)14-23-21(26)16-8-11-25(12-9-16)22(27)17-10-13-29-15-17/h4-7,10,13,15-16,19H,8-9,11-12,14H2,1-3H3,(H,23,26)/t19-/m0/s1. The van der Waals surface area contributed by atoms with Crippen molar-refractivity contribution in [1.82, 2.24) is 15.1 Å². The first kappa shape index (κ1) is 21.3. The summed E-state index contributed by atoms with van der Waals surface area (Å²) < 4.78 is 5.49. The lowest BCUT2D eigenvalue weighted by atomic mass is 9.95. The highest BCUT2D eigenvalue weighted by molar-refractivity contribution is 7.08. The summed E-state index contributed by atoms with van der Waals surface area (Å²) >= 11 is 1.53. The van der Waals surface area contributed by atoms with Gasteiger partial charge >= 0.3 is 0 Å². The first-order valence-corrected chi connectivity index (χ1v) is 10.8. The highest BCUT2D eigenvalue weighted by atomic mass is 32.1. The Hall–Kier alpha value is -2.38. The van der Waals surface area contributed by atoms with Gasteiger partial charge in [-0.2, -0.15) is 11.3 Å². The summed E-state index contributed by atoms with van der Waals surface area (Å²) in [6, 6.07) is 9.77. The predicted molar refractivity (Wildman–Crippen MR) is 115 cm³/mol. The molecule has 1 fully saturated rings. The van der Waals surface area contributed by atoms with Crippen LogP contribution < -0.4 is 10.1 Å². The molecule has 2 aromatic rings. The minimum absolute atomic E-state index is 0.0235. The molecule has 7 heteroatoms. The van der Waals surface area contributed by atoms with Crippen LogP contribution in [0.25, 0.3) is 0 Å². The van der Waals surface area contributed by atoms with Crippen molar-refractivity contribution in [3.63, 3.8) is 0 Å². The van der Waals surface area contributed by atoms with Crippen LogP contribution in [-0.4, -0.2) is 62.5 Å². The van der Waals surface area contributed by atoms with E-state index >= 15 is 0 Å². The molecule has 1 atom stereocenters. The SMILES string of the molecule is COc1ccccc1[C@H](CNC(=O)C1CCN(C(=O)c2ccsc2)CC1)N(C)C. The van der Waals surface area contributed by atoms with Crippen molar-refractivity contribution in [1.29, 1.82) is 0 Å². The third kappa shape index (κ3) is 5.16. The molecule has 1 aliphatic heterocycles. The molecule has 0 unspecified atom stereocenters. The summed E-state index contributed by atoms with van der Waals surface area (Å²) in [5.41, 5.74) is 1.79. The number of ether oxygens (including phenoxy) is 1. The van der Waals surface area contributed by atoms with Gasteiger partial charge in [-0.05, 0) is 44.4 Å². The van der Waals surface area contributed by atoms with Crippen LogP contribution in [0.1, 0.15) is 34.8 Å². The number of nitrogens with zero attached hydrogens (tertiary/aromatic N) is 2. The van der Waals surface area contributed by atoms with Crippen LogP contribution in [0.15, 0.2) is 41.1 Å². The molecule has 0 saturated carbocycles. The second-order valence-corrected chi connectivity index (χ2v) is 8.33. The minimum Gasteiger partial charge on any atom is -0.496 e. The summed E-state index contributed by atoms with van der Waals surface area (Å²) in [4.78, 5) is 29.1. The number of para-hydroxylation sites is 1. The van der Waals surface area contributed by atoms with Crippen LogP contribution in [0, 0.1) is 5.92 Å². The van der Waals surface area contributed by atoms with Gasteiger partial charge in [-0.25, -0.2) is 0 Å². The van der Waals surface area contributed by atoms with Crippen LogP contribution in [-0.2, 0) is 4.79 Å². The topological polar surface area (TPSA) is 61.9 Å². The summed E-state index contributed by atoms with van der Waals surface area (Å²) in [6.45, 7) is 1.76. The average Bonchev–Trinajstić information content (AvgIpc) is 3.28. The molecule has 1 aromatic heterocycles. The third-order valence-electron chi connectivity index (χ3n) is 5.51. The van der Waals surface area contributed by atoms with Crippen molar-refractivity contribution in [2.24, 2.45) is 5.92 Å². The van der Waals surface area contributed by atoms with Gasteiger partial charge in [-0.3, -0.25) is 9.59 Å². The zero-order valence-electron chi connectivity index (χ0n) is 17.3. The van der Waals surface area contributed by atoms with Gasteiger partial charge in [0.15, 0.2) is 0 Å². The van der Waals surface area contributed by atoms with E-state index in [1.165, 1.54) is 11.3 Å². The minimum atomic E-state index is -0.0537. The second kappa shape index (κ2) is 9.89. The normalized spacial score (nSPS) is 15.9. The zero-order valence-corrected chi connectivity index (χ0v) is 18.1. The van der Waals surface area contributed by atoms with Gasteiger partial charge in [0.2, 0.25) is 5.91 Å². The molecule has 0 spiro atoms. The zero-order chi connectivity index (χ0) is 20.8. The first-order chi connectivity index (χ1) is 14.0. The quantitative estimate of drug-likeness (QED) is 0.755. The number of carbonyl (C=O) groups is 2. The molecule has 3 rings (SSSR count). The Kier molecular flexibility index (Phi) is 7.28. The van der Waals surface area contributed by atoms with E-state index in [9.17, 15) is 9.59 Å². The Morgan fingerprint density at radius 2 is 1.97 bits per heavy atom. The molecule has 1 N–H and O–H groups in total. The molecular formula is C22H29N3O3S. The van der Waals surface area contributed by atoms with Crippen molar-refractivity contribution < 1.29 is 14.3 Å². The summed E-state index contributed by atoms with van der Waals surface area (Å²) in [5, 5.41) is 6.91. The number of hydrogen-bond donors (Lipinski definition) is 1. The Labute approximate surface area is 176 Å². The molecule has 156 valence electrons. The van der Waals surface area contributed by atoms with Crippen molar-refractivity contribution in [2.45, 2.75) is 18.9 Å². The van der Waals surface area contributed by atoms with E-state index in [0.29, 0.717) is 32.5 Å². The maximum atomic E-state index is 12.8. The third-order valence-corrected chi connectivity index (χ3v) is 6.20. The Morgan fingerprint density at radius 1 is 1.24 bits per heavy atom. The maximum Gasteiger partial charge on any atom is 0.254 e. The van der Waals surface area contributed by atoms with Crippen LogP contribution in [0.4, 0.5) is 0 Å². The second-order valence-electron chi connectivity index (χ2n) is 7.55. The highest BCUT2D eigenvalue weighted by Gasteiger charge is 2.28. The van der Waals surface area contributed by atoms with E-state index < -0.39 is 0 Å². The number of methoxy groups -OCH3 is 1. The number of likely N-dealkylation sites (tertiary alicyclic amines) is 1. The summed E-state index contributed by atoms with van der Waals surface area (Å²) in [7, 11) is 5.66. The van der Waals surface area contributed by atoms with Crippen LogP contribution >= 0.6 is 11.3 Å². The fourth-order valence-electron chi connectivity index (χ4n) is 3.77. The lowest BCUT2D eigenvalue weighted by molar-refractivity contribution is -0.126. The largest absolute Gasteiger partial charge is 0.496 e. The molecule has 1 aromatic carbocycles. The number of rotatable bonds is 7. The molecule has 2 amide bonds. The van der Waals surface area contributed by atoms with Gasteiger partial charge in [-0.1, -0.05) is 18.2 Å². The molecule has 6 nitrogen and oxygen atoms in total. The number of likely N-dealkylation sites (N-methyl/N-ethyl adjacent to an activating group) is 1. The van der Waals surface area contributed by atoms with Gasteiger partial charge in [0.05, 0.1) is 18.7 Å². The van der Waals surface area contributed by atoms with Gasteiger partial charge in [0, 0.05) is 36.5 Å². The van der Waals surface area contributed by atoms with E-state index in [2.05, 4.69) is 10.2 Å². The molecule has 0 bridgehead atoms. The van der Waals surface area contributed by atoms with Crippen LogP contribution in [0.2, 0.25) is 0 Å². The Balaban J connectivity index is 1.54. The van der Waals surface area contributed by atoms with E-state index in [-0.39, 0.29) is 23.8 Å². The monoisotopic (exact) mass is 415 g/mol. The van der Waals surface area contributed by atoms with Crippen molar-refractivity contribution in [3.05, 3.63) is 52.2 Å². The van der Waals surface area contributed by atoms with E-state index in [0.717, 1.165) is 16.9 Å². The molecule has 2 heterocycles. The Morgan fingerprint density at radius 3 is 2.59 bits per heavy atom. The smallest absolute Gasteiger partial charge is 0.254 e. The van der Waals surface area contributed by atoms with Gasteiger partial charge in [0.25, 0.3) is 5.91 Å². The lowest BCUT2D eigenvalue weighted by Crippen LogP contribution is -2.44. The van der Waals surface area contributed by atoms with Crippen molar-refractivity contribution >= 4 is 23.2 Å². The van der Waals surface area contributed by atoms with E-state index in [1.807, 2.05) is 60.1 Å². The highest BCUT2D eigenvalue weighted by Crippen LogP contribution is 2.28. The Bertz CT molecular complexity index is 814. The van der Waals surface area contributed by atoms with Crippen molar-refractivity contribution in [3.8, 4) is 5.75 Å². The number of benzene rings is 1. The molecule has 29 heavy (non-hydrogen) atoms. The molecular weight excluding hydrogens is 386 g/mol. The van der Waals surface area contributed by atoms with E-state index in [4.69, 9.17) is 4.74 Å². The number of carbonyl (C=O) groups excluding carboxylic acids is 2. The van der Waals surface area contributed by atoms with Crippen LogP contribution in [0.5, 0.6) is 5.75 Å². The van der Waals surface area contributed by atoms with Gasteiger partial charge in [0.1, 0.15) is 5.75 Å². The molecule has 0 radical (unpaired) electrons. The number of piperidine rings is 1. The average molecular weight is 416 g/mol. The number of amides is 2. The van der Waals surface area contributed by atoms with Crippen molar-refractivity contribution in [2.75, 3.05) is 40.8 Å². The predicted octanol–water partition coefficient (Wildman–Crippen LogP) is 3.03. The van der Waals surface area contributed by atoms with E-state index in [1.54, 1.807) is 7.11 Å². The molecule has 1 saturated heterocycles. The summed E-state index contributed by atoms with van der Waals surface area (Å²) in [5.74, 6) is 0.894. The fraction of sp³-hybridized carbons (Fsp3) is 0.455. The number of thiophene rings is 1. The number of hydrogen-bond acceptors (Lipinski definition) is 5. The maximum absolute atomic E-state index is 12.8. The molecule has 0 aliphatic carbocycles. The lowest BCUT2D eigenvalue weighted by Gasteiger charge is -2.32. The first-order valence-electron chi connectivity index (χ1n) is 9.89. The van der Waals surface area contributed by atoms with Gasteiger partial charge in [-0.15, -0.1) is 0 Å².